The van der Waals surface area contributed by atoms with Crippen LogP contribution in [0.5, 0.6) is 0 Å². The van der Waals surface area contributed by atoms with Gasteiger partial charge in [0.1, 0.15) is 18.0 Å². The zero-order chi connectivity index (χ0) is 26.9. The number of anilines is 3. The maximum atomic E-state index is 13.6. The molecular formula is C26H21F3N8O. The number of hydrogen-bond donors (Lipinski definition) is 2. The minimum atomic E-state index is -4.60. The summed E-state index contributed by atoms with van der Waals surface area (Å²) in [5.74, 6) is 0.832. The van der Waals surface area contributed by atoms with Crippen LogP contribution in [0.4, 0.5) is 30.5 Å². The number of benzene rings is 2. The first-order valence-corrected chi connectivity index (χ1v) is 11.4. The first kappa shape index (κ1) is 24.7. The molecule has 0 unspecified atom stereocenters. The van der Waals surface area contributed by atoms with E-state index in [1.165, 1.54) is 16.8 Å². The van der Waals surface area contributed by atoms with Crippen molar-refractivity contribution in [2.24, 2.45) is 0 Å². The number of rotatable bonds is 6. The lowest BCUT2D eigenvalue weighted by atomic mass is 10.1. The Morgan fingerprint density at radius 1 is 0.947 bits per heavy atom. The van der Waals surface area contributed by atoms with Crippen LogP contribution in [0.25, 0.3) is 11.5 Å². The van der Waals surface area contributed by atoms with E-state index < -0.39 is 17.6 Å². The molecule has 0 aliphatic rings. The van der Waals surface area contributed by atoms with Crippen LogP contribution < -0.4 is 10.6 Å². The van der Waals surface area contributed by atoms with Gasteiger partial charge in [0, 0.05) is 53.6 Å². The highest BCUT2D eigenvalue weighted by Gasteiger charge is 2.31. The summed E-state index contributed by atoms with van der Waals surface area (Å²) < 4.78 is 44.1. The second-order valence-corrected chi connectivity index (χ2v) is 8.43. The van der Waals surface area contributed by atoms with Crippen molar-refractivity contribution in [2.75, 3.05) is 10.6 Å². The van der Waals surface area contributed by atoms with Gasteiger partial charge in [0.2, 0.25) is 5.95 Å². The van der Waals surface area contributed by atoms with Crippen molar-refractivity contribution >= 4 is 23.2 Å². The van der Waals surface area contributed by atoms with Crippen LogP contribution in [0.2, 0.25) is 0 Å². The first-order chi connectivity index (χ1) is 18.2. The van der Waals surface area contributed by atoms with Crippen LogP contribution in [0.15, 0.2) is 79.8 Å². The van der Waals surface area contributed by atoms with Crippen molar-refractivity contribution in [3.63, 3.8) is 0 Å². The monoisotopic (exact) mass is 518 g/mol. The van der Waals surface area contributed by atoms with Gasteiger partial charge in [-0.05, 0) is 55.8 Å². The van der Waals surface area contributed by atoms with E-state index in [1.807, 2.05) is 6.92 Å². The number of halogens is 3. The molecule has 3 aromatic heterocycles. The minimum absolute atomic E-state index is 0.000578. The summed E-state index contributed by atoms with van der Waals surface area (Å²) in [5.41, 5.74) is 0.959. The fourth-order valence-corrected chi connectivity index (χ4v) is 3.81. The lowest BCUT2D eigenvalue weighted by Crippen LogP contribution is -2.15. The van der Waals surface area contributed by atoms with Gasteiger partial charge in [-0.1, -0.05) is 6.07 Å². The molecule has 12 heteroatoms. The van der Waals surface area contributed by atoms with Gasteiger partial charge in [0.15, 0.2) is 0 Å². The Morgan fingerprint density at radius 3 is 2.50 bits per heavy atom. The topological polar surface area (TPSA) is 103 Å². The largest absolute Gasteiger partial charge is 0.416 e. The number of carbonyl (C=O) groups is 1. The highest BCUT2D eigenvalue weighted by atomic mass is 19.4. The SMILES string of the molecule is Cc1ccc(C(=O)Nc2cc(-n3ccnc3C)cc(C(F)(F)F)c2)cc1Nc1nccc(-n2ccnc2)n1. The lowest BCUT2D eigenvalue weighted by molar-refractivity contribution is -0.137. The van der Waals surface area contributed by atoms with E-state index >= 15 is 0 Å². The van der Waals surface area contributed by atoms with Crippen LogP contribution in [0, 0.1) is 13.8 Å². The normalized spacial score (nSPS) is 11.4. The van der Waals surface area contributed by atoms with Gasteiger partial charge in [-0.2, -0.15) is 18.2 Å². The Balaban J connectivity index is 1.42. The molecule has 0 bridgehead atoms. The Morgan fingerprint density at radius 2 is 1.79 bits per heavy atom. The van der Waals surface area contributed by atoms with E-state index in [-0.39, 0.29) is 16.9 Å². The molecule has 1 amide bonds. The molecule has 0 fully saturated rings. The van der Waals surface area contributed by atoms with E-state index in [0.29, 0.717) is 23.3 Å². The molecule has 2 aromatic carbocycles. The van der Waals surface area contributed by atoms with Gasteiger partial charge in [-0.25, -0.2) is 15.0 Å². The van der Waals surface area contributed by atoms with Crippen molar-refractivity contribution in [1.82, 2.24) is 29.1 Å². The Bertz CT molecular complexity index is 1610. The van der Waals surface area contributed by atoms with Crippen LogP contribution in [0.3, 0.4) is 0 Å². The number of alkyl halides is 3. The van der Waals surface area contributed by atoms with Crippen LogP contribution in [-0.2, 0) is 6.18 Å². The molecular weight excluding hydrogens is 497 g/mol. The minimum Gasteiger partial charge on any atom is -0.324 e. The smallest absolute Gasteiger partial charge is 0.324 e. The van der Waals surface area contributed by atoms with E-state index in [2.05, 4.69) is 30.6 Å². The Kier molecular flexibility index (Phi) is 6.37. The predicted octanol–water partition coefficient (Wildman–Crippen LogP) is 5.48. The number of nitrogens with zero attached hydrogens (tertiary/aromatic N) is 6. The van der Waals surface area contributed by atoms with E-state index in [4.69, 9.17) is 0 Å². The molecule has 0 saturated heterocycles. The van der Waals surface area contributed by atoms with Crippen LogP contribution >= 0.6 is 0 Å². The summed E-state index contributed by atoms with van der Waals surface area (Å²) in [6, 6.07) is 10.00. The average Bonchev–Trinajstić information content (AvgIpc) is 3.57. The molecule has 2 N–H and O–H groups in total. The molecule has 0 aliphatic heterocycles. The van der Waals surface area contributed by atoms with Crippen LogP contribution in [0.1, 0.15) is 27.3 Å². The zero-order valence-electron chi connectivity index (χ0n) is 20.2. The molecule has 0 aliphatic carbocycles. The van der Waals surface area contributed by atoms with E-state index in [0.717, 1.165) is 17.7 Å². The third-order valence-electron chi connectivity index (χ3n) is 5.76. The molecule has 5 aromatic rings. The molecule has 0 radical (unpaired) electrons. The Labute approximate surface area is 215 Å². The second-order valence-electron chi connectivity index (χ2n) is 8.43. The third kappa shape index (κ3) is 5.24. The highest BCUT2D eigenvalue weighted by molar-refractivity contribution is 6.05. The molecule has 0 saturated carbocycles. The fourth-order valence-electron chi connectivity index (χ4n) is 3.81. The molecule has 0 atom stereocenters. The standard InChI is InChI=1S/C26H21F3N8O/c1-16-3-4-18(11-22(16)34-25-32-6-5-23(35-25)36-9-7-30-15-36)24(38)33-20-12-19(26(27,28)29)13-21(14-20)37-10-8-31-17(37)2/h3-15H,1-2H3,(H,33,38)(H,32,34,35). The summed E-state index contributed by atoms with van der Waals surface area (Å²) in [7, 11) is 0. The molecule has 5 rings (SSSR count). The van der Waals surface area contributed by atoms with Gasteiger partial charge in [0.05, 0.1) is 5.56 Å². The van der Waals surface area contributed by atoms with Gasteiger partial charge >= 0.3 is 6.18 Å². The predicted molar refractivity (Wildman–Crippen MR) is 135 cm³/mol. The summed E-state index contributed by atoms with van der Waals surface area (Å²) in [5, 5.41) is 5.69. The highest BCUT2D eigenvalue weighted by Crippen LogP contribution is 2.33. The second kappa shape index (κ2) is 9.81. The number of imidazole rings is 2. The zero-order valence-corrected chi connectivity index (χ0v) is 20.2. The molecule has 3 heterocycles. The third-order valence-corrected chi connectivity index (χ3v) is 5.76. The van der Waals surface area contributed by atoms with Gasteiger partial charge in [-0.15, -0.1) is 0 Å². The van der Waals surface area contributed by atoms with Crippen molar-refractivity contribution in [3.05, 3.63) is 102 Å². The van der Waals surface area contributed by atoms with Gasteiger partial charge in [0.25, 0.3) is 5.91 Å². The number of carbonyl (C=O) groups excluding carboxylic acids is 1. The molecule has 0 spiro atoms. The quantitative estimate of drug-likeness (QED) is 0.309. The van der Waals surface area contributed by atoms with Crippen molar-refractivity contribution in [2.45, 2.75) is 20.0 Å². The van der Waals surface area contributed by atoms with Gasteiger partial charge < -0.3 is 15.2 Å². The summed E-state index contributed by atoms with van der Waals surface area (Å²) in [6.07, 6.45) is 5.01. The maximum absolute atomic E-state index is 13.6. The number of hydrogen-bond acceptors (Lipinski definition) is 6. The van der Waals surface area contributed by atoms with E-state index in [1.54, 1.807) is 66.9 Å². The number of nitrogens with one attached hydrogen (secondary N) is 2. The first-order valence-electron chi connectivity index (χ1n) is 11.4. The number of aromatic nitrogens is 6. The van der Waals surface area contributed by atoms with Crippen LogP contribution in [-0.4, -0.2) is 35.0 Å². The summed E-state index contributed by atoms with van der Waals surface area (Å²) >= 11 is 0. The summed E-state index contributed by atoms with van der Waals surface area (Å²) in [6.45, 7) is 3.52. The number of aryl methyl sites for hydroxylation is 2. The van der Waals surface area contributed by atoms with E-state index in [9.17, 15) is 18.0 Å². The van der Waals surface area contributed by atoms with Gasteiger partial charge in [-0.3, -0.25) is 9.36 Å². The Hall–Kier alpha value is -5.00. The van der Waals surface area contributed by atoms with Crippen molar-refractivity contribution in [3.8, 4) is 11.5 Å². The molecule has 192 valence electrons. The number of amides is 1. The van der Waals surface area contributed by atoms with Crippen molar-refractivity contribution in [1.29, 1.82) is 0 Å². The summed E-state index contributed by atoms with van der Waals surface area (Å²) in [4.78, 5) is 29.8. The molecule has 38 heavy (non-hydrogen) atoms. The van der Waals surface area contributed by atoms with Crippen molar-refractivity contribution < 1.29 is 18.0 Å². The molecule has 9 nitrogen and oxygen atoms in total. The lowest BCUT2D eigenvalue weighted by Gasteiger charge is -2.15. The average molecular weight is 519 g/mol. The fraction of sp³-hybridized carbons (Fsp3) is 0.115. The maximum Gasteiger partial charge on any atom is 0.416 e.